The van der Waals surface area contributed by atoms with Gasteiger partial charge in [-0.05, 0) is 36.2 Å². The molecule has 122 valence electrons. The van der Waals surface area contributed by atoms with Crippen molar-refractivity contribution in [1.82, 2.24) is 9.88 Å². The fourth-order valence-corrected chi connectivity index (χ4v) is 2.78. The van der Waals surface area contributed by atoms with Gasteiger partial charge in [-0.3, -0.25) is 9.78 Å². The van der Waals surface area contributed by atoms with Crippen LogP contribution < -0.4 is 0 Å². The van der Waals surface area contributed by atoms with E-state index in [1.54, 1.807) is 4.90 Å². The molecule has 3 aromatic rings. The number of carbonyl (C=O) groups is 1. The molecule has 0 spiro atoms. The van der Waals surface area contributed by atoms with Crippen molar-refractivity contribution >= 4 is 16.8 Å². The summed E-state index contributed by atoms with van der Waals surface area (Å²) in [5.41, 5.74) is 3.74. The molecule has 0 atom stereocenters. The van der Waals surface area contributed by atoms with E-state index in [9.17, 15) is 4.79 Å². The van der Waals surface area contributed by atoms with Crippen molar-refractivity contribution in [2.45, 2.75) is 19.8 Å². The van der Waals surface area contributed by atoms with Crippen LogP contribution in [0.25, 0.3) is 22.0 Å². The number of benzene rings is 2. The van der Waals surface area contributed by atoms with Crippen LogP contribution in [-0.4, -0.2) is 29.4 Å². The SMILES string of the molecule is CCCCN(C)C(=O)c1cccc(-c2cnc3ccccc3c2)c1. The van der Waals surface area contributed by atoms with Crippen molar-refractivity contribution in [2.24, 2.45) is 0 Å². The smallest absolute Gasteiger partial charge is 0.253 e. The Kier molecular flexibility index (Phi) is 4.90. The molecule has 24 heavy (non-hydrogen) atoms. The Morgan fingerprint density at radius 2 is 1.88 bits per heavy atom. The van der Waals surface area contributed by atoms with Crippen molar-refractivity contribution in [3.05, 3.63) is 66.4 Å². The molecule has 0 fully saturated rings. The molecule has 0 unspecified atom stereocenters. The topological polar surface area (TPSA) is 33.2 Å². The maximum atomic E-state index is 12.6. The van der Waals surface area contributed by atoms with Crippen molar-refractivity contribution in [2.75, 3.05) is 13.6 Å². The Hall–Kier alpha value is -2.68. The van der Waals surface area contributed by atoms with Gasteiger partial charge < -0.3 is 4.90 Å². The number of nitrogens with zero attached hydrogens (tertiary/aromatic N) is 2. The number of para-hydroxylation sites is 1. The minimum atomic E-state index is 0.0686. The van der Waals surface area contributed by atoms with Crippen LogP contribution in [0.15, 0.2) is 60.8 Å². The average Bonchev–Trinajstić information content (AvgIpc) is 2.65. The van der Waals surface area contributed by atoms with Gasteiger partial charge in [-0.1, -0.05) is 43.7 Å². The van der Waals surface area contributed by atoms with Gasteiger partial charge in [0.1, 0.15) is 0 Å². The molecule has 0 saturated heterocycles. The summed E-state index contributed by atoms with van der Waals surface area (Å²) >= 11 is 0. The zero-order chi connectivity index (χ0) is 16.9. The van der Waals surface area contributed by atoms with Crippen LogP contribution in [0.5, 0.6) is 0 Å². The standard InChI is InChI=1S/C21H22N2O/c1-3-4-12-23(2)21(24)18-10-7-9-16(13-18)19-14-17-8-5-6-11-20(17)22-15-19/h5-11,13-15H,3-4,12H2,1-2H3. The second-order valence-corrected chi connectivity index (χ2v) is 6.08. The van der Waals surface area contributed by atoms with Gasteiger partial charge in [-0.15, -0.1) is 0 Å². The summed E-state index contributed by atoms with van der Waals surface area (Å²) in [7, 11) is 1.86. The summed E-state index contributed by atoms with van der Waals surface area (Å²) in [6, 6.07) is 18.0. The molecule has 0 saturated carbocycles. The van der Waals surface area contributed by atoms with Crippen LogP contribution in [0, 0.1) is 0 Å². The van der Waals surface area contributed by atoms with E-state index >= 15 is 0 Å². The predicted octanol–water partition coefficient (Wildman–Crippen LogP) is 4.77. The Morgan fingerprint density at radius 1 is 1.04 bits per heavy atom. The first kappa shape index (κ1) is 16.2. The van der Waals surface area contributed by atoms with Crippen molar-refractivity contribution in [3.8, 4) is 11.1 Å². The number of hydrogen-bond donors (Lipinski definition) is 0. The molecule has 0 aliphatic rings. The molecule has 3 heteroatoms. The molecule has 3 nitrogen and oxygen atoms in total. The highest BCUT2D eigenvalue weighted by molar-refractivity contribution is 5.95. The highest BCUT2D eigenvalue weighted by Crippen LogP contribution is 2.24. The third-order valence-corrected chi connectivity index (χ3v) is 4.23. The van der Waals surface area contributed by atoms with Crippen molar-refractivity contribution in [1.29, 1.82) is 0 Å². The second-order valence-electron chi connectivity index (χ2n) is 6.08. The van der Waals surface area contributed by atoms with E-state index in [0.717, 1.165) is 47.0 Å². The molecular formula is C21H22N2O. The number of rotatable bonds is 5. The molecular weight excluding hydrogens is 296 g/mol. The van der Waals surface area contributed by atoms with E-state index in [1.165, 1.54) is 0 Å². The fourth-order valence-electron chi connectivity index (χ4n) is 2.78. The van der Waals surface area contributed by atoms with Gasteiger partial charge >= 0.3 is 0 Å². The quantitative estimate of drug-likeness (QED) is 0.678. The zero-order valence-electron chi connectivity index (χ0n) is 14.2. The van der Waals surface area contributed by atoms with Crippen LogP contribution in [0.4, 0.5) is 0 Å². The molecule has 1 aromatic heterocycles. The number of fused-ring (bicyclic) bond motifs is 1. The van der Waals surface area contributed by atoms with Crippen molar-refractivity contribution < 1.29 is 4.79 Å². The lowest BCUT2D eigenvalue weighted by Gasteiger charge is -2.17. The monoisotopic (exact) mass is 318 g/mol. The van der Waals surface area contributed by atoms with Gasteiger partial charge in [0.25, 0.3) is 5.91 Å². The molecule has 0 radical (unpaired) electrons. The summed E-state index contributed by atoms with van der Waals surface area (Å²) in [6.07, 6.45) is 3.98. The number of hydrogen-bond acceptors (Lipinski definition) is 2. The van der Waals surface area contributed by atoms with Crippen LogP contribution in [0.2, 0.25) is 0 Å². The summed E-state index contributed by atoms with van der Waals surface area (Å²) in [4.78, 5) is 18.9. The van der Waals surface area contributed by atoms with Crippen LogP contribution >= 0.6 is 0 Å². The highest BCUT2D eigenvalue weighted by atomic mass is 16.2. The predicted molar refractivity (Wildman–Crippen MR) is 99.0 cm³/mol. The lowest BCUT2D eigenvalue weighted by Crippen LogP contribution is -2.27. The van der Waals surface area contributed by atoms with Crippen molar-refractivity contribution in [3.63, 3.8) is 0 Å². The highest BCUT2D eigenvalue weighted by Gasteiger charge is 2.12. The molecule has 0 N–H and O–H groups in total. The maximum absolute atomic E-state index is 12.6. The first-order valence-electron chi connectivity index (χ1n) is 8.39. The van der Waals surface area contributed by atoms with E-state index in [0.29, 0.717) is 0 Å². The van der Waals surface area contributed by atoms with Crippen LogP contribution in [0.3, 0.4) is 0 Å². The fraction of sp³-hybridized carbons (Fsp3) is 0.238. The second kappa shape index (κ2) is 7.26. The van der Waals surface area contributed by atoms with E-state index < -0.39 is 0 Å². The number of amides is 1. The Morgan fingerprint density at radius 3 is 2.71 bits per heavy atom. The summed E-state index contributed by atoms with van der Waals surface area (Å²) < 4.78 is 0. The molecule has 0 bridgehead atoms. The molecule has 0 aliphatic carbocycles. The summed E-state index contributed by atoms with van der Waals surface area (Å²) in [6.45, 7) is 2.92. The van der Waals surface area contributed by atoms with Gasteiger partial charge in [0.2, 0.25) is 0 Å². The van der Waals surface area contributed by atoms with E-state index in [4.69, 9.17) is 0 Å². The van der Waals surface area contributed by atoms with Crippen LogP contribution in [-0.2, 0) is 0 Å². The van der Waals surface area contributed by atoms with E-state index in [-0.39, 0.29) is 5.91 Å². The molecule has 1 heterocycles. The van der Waals surface area contributed by atoms with E-state index in [1.807, 2.05) is 55.7 Å². The lowest BCUT2D eigenvalue weighted by atomic mass is 10.0. The maximum Gasteiger partial charge on any atom is 0.253 e. The minimum absolute atomic E-state index is 0.0686. The van der Waals surface area contributed by atoms with Crippen LogP contribution in [0.1, 0.15) is 30.1 Å². The zero-order valence-corrected chi connectivity index (χ0v) is 14.2. The van der Waals surface area contributed by atoms with Gasteiger partial charge in [-0.25, -0.2) is 0 Å². The van der Waals surface area contributed by atoms with Gasteiger partial charge in [-0.2, -0.15) is 0 Å². The van der Waals surface area contributed by atoms with Gasteiger partial charge in [0, 0.05) is 36.3 Å². The third-order valence-electron chi connectivity index (χ3n) is 4.23. The Balaban J connectivity index is 1.90. The molecule has 3 rings (SSSR count). The molecule has 2 aromatic carbocycles. The summed E-state index contributed by atoms with van der Waals surface area (Å²) in [5, 5.41) is 1.10. The normalized spacial score (nSPS) is 10.8. The number of carbonyl (C=O) groups excluding carboxylic acids is 1. The van der Waals surface area contributed by atoms with E-state index in [2.05, 4.69) is 24.0 Å². The number of pyridine rings is 1. The average molecular weight is 318 g/mol. The molecule has 1 amide bonds. The molecule has 0 aliphatic heterocycles. The first-order chi connectivity index (χ1) is 11.7. The Labute approximate surface area is 143 Å². The third kappa shape index (κ3) is 3.46. The minimum Gasteiger partial charge on any atom is -0.342 e. The van der Waals surface area contributed by atoms with Gasteiger partial charge in [0.15, 0.2) is 0 Å². The Bertz CT molecular complexity index is 857. The first-order valence-corrected chi connectivity index (χ1v) is 8.39. The number of unbranched alkanes of at least 4 members (excludes halogenated alkanes) is 1. The lowest BCUT2D eigenvalue weighted by molar-refractivity contribution is 0.0793. The summed E-state index contributed by atoms with van der Waals surface area (Å²) in [5.74, 6) is 0.0686. The van der Waals surface area contributed by atoms with Gasteiger partial charge in [0.05, 0.1) is 5.52 Å². The number of aromatic nitrogens is 1. The largest absolute Gasteiger partial charge is 0.342 e.